The number of nitrogen functional groups attached to an aromatic ring is 1. The molecule has 1 amide bonds. The number of nitro benzene ring substituents is 1. The zero-order chi connectivity index (χ0) is 15.4. The van der Waals surface area contributed by atoms with Crippen molar-refractivity contribution in [1.82, 2.24) is 0 Å². The highest BCUT2D eigenvalue weighted by Gasteiger charge is 2.21. The second-order valence-corrected chi connectivity index (χ2v) is 4.37. The van der Waals surface area contributed by atoms with Gasteiger partial charge in [0.2, 0.25) is 0 Å². The molecule has 0 saturated heterocycles. The van der Waals surface area contributed by atoms with Gasteiger partial charge in [-0.15, -0.1) is 0 Å². The van der Waals surface area contributed by atoms with Gasteiger partial charge in [0.15, 0.2) is 0 Å². The number of benzene rings is 2. The number of aryl methyl sites for hydroxylation is 1. The van der Waals surface area contributed by atoms with Crippen LogP contribution in [0.3, 0.4) is 0 Å². The van der Waals surface area contributed by atoms with E-state index in [1.54, 1.807) is 12.1 Å². The van der Waals surface area contributed by atoms with Crippen molar-refractivity contribution in [2.45, 2.75) is 6.92 Å². The van der Waals surface area contributed by atoms with Crippen LogP contribution >= 0.6 is 0 Å². The number of carbonyl (C=O) groups excluding carboxylic acids is 1. The van der Waals surface area contributed by atoms with Gasteiger partial charge in [-0.25, -0.2) is 0 Å². The molecule has 0 saturated carbocycles. The molecule has 21 heavy (non-hydrogen) atoms. The summed E-state index contributed by atoms with van der Waals surface area (Å²) in [6.07, 6.45) is 0. The predicted octanol–water partition coefficient (Wildman–Crippen LogP) is 2.44. The van der Waals surface area contributed by atoms with Crippen molar-refractivity contribution in [2.75, 3.05) is 10.7 Å². The highest BCUT2D eigenvalue weighted by Crippen LogP contribution is 2.28. The SMILES string of the molecule is Cc1ccccc1NC(=O)c1cccc([N+](=O)[O-])c1NN. The summed E-state index contributed by atoms with van der Waals surface area (Å²) < 4.78 is 0. The molecule has 0 bridgehead atoms. The first-order valence-electron chi connectivity index (χ1n) is 6.15. The lowest BCUT2D eigenvalue weighted by Gasteiger charge is -2.11. The number of nitrogens with one attached hydrogen (secondary N) is 2. The van der Waals surface area contributed by atoms with Crippen LogP contribution in [0.15, 0.2) is 42.5 Å². The smallest absolute Gasteiger partial charge is 0.294 e. The molecule has 2 rings (SSSR count). The first kappa shape index (κ1) is 14.5. The third-order valence-electron chi connectivity index (χ3n) is 3.02. The zero-order valence-electron chi connectivity index (χ0n) is 11.3. The van der Waals surface area contributed by atoms with E-state index in [0.717, 1.165) is 5.56 Å². The van der Waals surface area contributed by atoms with E-state index in [1.807, 2.05) is 19.1 Å². The van der Waals surface area contributed by atoms with E-state index in [9.17, 15) is 14.9 Å². The van der Waals surface area contributed by atoms with Gasteiger partial charge in [0.1, 0.15) is 5.69 Å². The Bertz CT molecular complexity index is 700. The molecule has 7 nitrogen and oxygen atoms in total. The molecular formula is C14H14N4O3. The van der Waals surface area contributed by atoms with Crippen molar-refractivity contribution in [3.05, 3.63) is 63.7 Å². The van der Waals surface area contributed by atoms with Gasteiger partial charge in [0.25, 0.3) is 11.6 Å². The van der Waals surface area contributed by atoms with Crippen LogP contribution in [0.5, 0.6) is 0 Å². The molecule has 4 N–H and O–H groups in total. The highest BCUT2D eigenvalue weighted by molar-refractivity contribution is 6.09. The number of nitrogens with two attached hydrogens (primary N) is 1. The van der Waals surface area contributed by atoms with Crippen molar-refractivity contribution in [1.29, 1.82) is 0 Å². The molecule has 0 heterocycles. The summed E-state index contributed by atoms with van der Waals surface area (Å²) in [5.74, 6) is 4.84. The number of hydrogen-bond acceptors (Lipinski definition) is 5. The molecule has 0 fully saturated rings. The first-order valence-corrected chi connectivity index (χ1v) is 6.15. The fourth-order valence-electron chi connectivity index (χ4n) is 1.94. The Morgan fingerprint density at radius 2 is 1.90 bits per heavy atom. The van der Waals surface area contributed by atoms with Crippen LogP contribution in [-0.4, -0.2) is 10.8 Å². The van der Waals surface area contributed by atoms with Gasteiger partial charge in [0, 0.05) is 11.8 Å². The molecule has 2 aromatic carbocycles. The quantitative estimate of drug-likeness (QED) is 0.454. The number of para-hydroxylation sites is 2. The van der Waals surface area contributed by atoms with Gasteiger partial charge in [0.05, 0.1) is 10.5 Å². The van der Waals surface area contributed by atoms with Gasteiger partial charge in [-0.05, 0) is 24.6 Å². The number of nitro groups is 1. The van der Waals surface area contributed by atoms with Crippen LogP contribution in [0.4, 0.5) is 17.1 Å². The lowest BCUT2D eigenvalue weighted by atomic mass is 10.1. The molecule has 0 aliphatic carbocycles. The van der Waals surface area contributed by atoms with Crippen molar-refractivity contribution in [2.24, 2.45) is 5.84 Å². The van der Waals surface area contributed by atoms with E-state index in [1.165, 1.54) is 18.2 Å². The third-order valence-corrected chi connectivity index (χ3v) is 3.02. The molecule has 7 heteroatoms. The van der Waals surface area contributed by atoms with Crippen LogP contribution in [0.1, 0.15) is 15.9 Å². The first-order chi connectivity index (χ1) is 10.0. The second-order valence-electron chi connectivity index (χ2n) is 4.37. The van der Waals surface area contributed by atoms with E-state index in [0.29, 0.717) is 5.69 Å². The summed E-state index contributed by atoms with van der Waals surface area (Å²) in [6, 6.07) is 11.4. The summed E-state index contributed by atoms with van der Waals surface area (Å²) >= 11 is 0. The molecule has 108 valence electrons. The zero-order valence-corrected chi connectivity index (χ0v) is 11.3. The summed E-state index contributed by atoms with van der Waals surface area (Å²) in [7, 11) is 0. The molecule has 0 aliphatic rings. The average Bonchev–Trinajstić information content (AvgIpc) is 2.48. The van der Waals surface area contributed by atoms with Gasteiger partial charge in [-0.1, -0.05) is 24.3 Å². The summed E-state index contributed by atoms with van der Waals surface area (Å²) in [4.78, 5) is 22.6. The number of amides is 1. The van der Waals surface area contributed by atoms with E-state index < -0.39 is 10.8 Å². The standard InChI is InChI=1S/C14H14N4O3/c1-9-5-2-3-7-11(9)16-14(19)10-6-4-8-12(18(20)21)13(10)17-15/h2-8,17H,15H2,1H3,(H,16,19). The maximum absolute atomic E-state index is 12.3. The summed E-state index contributed by atoms with van der Waals surface area (Å²) in [6.45, 7) is 1.85. The average molecular weight is 286 g/mol. The van der Waals surface area contributed by atoms with Crippen molar-refractivity contribution in [3.8, 4) is 0 Å². The van der Waals surface area contributed by atoms with Crippen molar-refractivity contribution >= 4 is 23.0 Å². The minimum Gasteiger partial charge on any atom is -0.322 e. The van der Waals surface area contributed by atoms with Crippen LogP contribution in [0.2, 0.25) is 0 Å². The maximum atomic E-state index is 12.3. The summed E-state index contributed by atoms with van der Waals surface area (Å²) in [5.41, 5.74) is 3.58. The molecule has 0 spiro atoms. The monoisotopic (exact) mass is 286 g/mol. The van der Waals surface area contributed by atoms with Gasteiger partial charge in [-0.3, -0.25) is 20.8 Å². The molecule has 0 aliphatic heterocycles. The Hall–Kier alpha value is -2.93. The minimum absolute atomic E-state index is 0.0198. The normalized spacial score (nSPS) is 10.0. The number of hydrogen-bond donors (Lipinski definition) is 3. The Kier molecular flexibility index (Phi) is 4.15. The largest absolute Gasteiger partial charge is 0.322 e. The molecule has 2 aromatic rings. The molecule has 0 aromatic heterocycles. The molecule has 0 unspecified atom stereocenters. The van der Waals surface area contributed by atoms with Gasteiger partial charge >= 0.3 is 0 Å². The maximum Gasteiger partial charge on any atom is 0.294 e. The Balaban J connectivity index is 2.38. The van der Waals surface area contributed by atoms with E-state index in [2.05, 4.69) is 10.7 Å². The summed E-state index contributed by atoms with van der Waals surface area (Å²) in [5, 5.41) is 13.7. The lowest BCUT2D eigenvalue weighted by Crippen LogP contribution is -2.18. The van der Waals surface area contributed by atoms with Gasteiger partial charge < -0.3 is 10.7 Å². The third kappa shape index (κ3) is 2.98. The van der Waals surface area contributed by atoms with E-state index in [-0.39, 0.29) is 16.9 Å². The number of anilines is 2. The number of rotatable bonds is 4. The molecule has 0 atom stereocenters. The minimum atomic E-state index is -0.597. The Labute approximate surface area is 120 Å². The fourth-order valence-corrected chi connectivity index (χ4v) is 1.94. The van der Waals surface area contributed by atoms with Crippen LogP contribution in [0, 0.1) is 17.0 Å². The predicted molar refractivity (Wildman–Crippen MR) is 80.0 cm³/mol. The second kappa shape index (κ2) is 6.02. The van der Waals surface area contributed by atoms with E-state index in [4.69, 9.17) is 5.84 Å². The molecular weight excluding hydrogens is 272 g/mol. The number of nitrogens with zero attached hydrogens (tertiary/aromatic N) is 1. The van der Waals surface area contributed by atoms with Crippen LogP contribution in [0.25, 0.3) is 0 Å². The lowest BCUT2D eigenvalue weighted by molar-refractivity contribution is -0.384. The molecule has 0 radical (unpaired) electrons. The van der Waals surface area contributed by atoms with Crippen LogP contribution in [-0.2, 0) is 0 Å². The Morgan fingerprint density at radius 3 is 2.52 bits per heavy atom. The topological polar surface area (TPSA) is 110 Å². The van der Waals surface area contributed by atoms with Gasteiger partial charge in [-0.2, -0.15) is 0 Å². The van der Waals surface area contributed by atoms with Crippen molar-refractivity contribution in [3.63, 3.8) is 0 Å². The number of carbonyl (C=O) groups is 1. The fraction of sp³-hybridized carbons (Fsp3) is 0.0714. The number of hydrazine groups is 1. The Morgan fingerprint density at radius 1 is 1.19 bits per heavy atom. The van der Waals surface area contributed by atoms with Crippen molar-refractivity contribution < 1.29 is 9.72 Å². The van der Waals surface area contributed by atoms with Crippen LogP contribution < -0.4 is 16.6 Å². The highest BCUT2D eigenvalue weighted by atomic mass is 16.6. The van der Waals surface area contributed by atoms with E-state index >= 15 is 0 Å².